The Kier molecular flexibility index (Phi) is 5.51. The van der Waals surface area contributed by atoms with Gasteiger partial charge >= 0.3 is 0 Å². The first kappa shape index (κ1) is 10.9. The summed E-state index contributed by atoms with van der Waals surface area (Å²) in [4.78, 5) is 0. The van der Waals surface area contributed by atoms with E-state index in [1.807, 2.05) is 7.05 Å². The highest BCUT2D eigenvalue weighted by Gasteiger charge is 2.17. The predicted molar refractivity (Wildman–Crippen MR) is 50.7 cm³/mol. The molecular weight excluding hydrogens is 136 g/mol. The van der Waals surface area contributed by atoms with Crippen LogP contribution in [0.5, 0.6) is 0 Å². The molecule has 0 heterocycles. The van der Waals surface area contributed by atoms with Crippen molar-refractivity contribution in [2.24, 2.45) is 5.73 Å². The van der Waals surface area contributed by atoms with E-state index in [1.54, 1.807) is 0 Å². The molecule has 1 unspecified atom stereocenters. The van der Waals surface area contributed by atoms with Gasteiger partial charge in [0.25, 0.3) is 0 Å². The molecule has 2 heteroatoms. The summed E-state index contributed by atoms with van der Waals surface area (Å²) >= 11 is 0. The number of nitrogens with one attached hydrogen (secondary N) is 1. The van der Waals surface area contributed by atoms with Crippen molar-refractivity contribution in [3.8, 4) is 0 Å². The van der Waals surface area contributed by atoms with Crippen LogP contribution in [0.3, 0.4) is 0 Å². The molecule has 0 aliphatic rings. The fraction of sp³-hybridized carbons (Fsp3) is 1.00. The highest BCUT2D eigenvalue weighted by Crippen LogP contribution is 2.12. The molecular formula is C9H22N2. The van der Waals surface area contributed by atoms with E-state index in [1.165, 1.54) is 25.7 Å². The highest BCUT2D eigenvalue weighted by atomic mass is 15.0. The van der Waals surface area contributed by atoms with E-state index < -0.39 is 0 Å². The Morgan fingerprint density at radius 2 is 2.00 bits per heavy atom. The molecule has 0 spiro atoms. The van der Waals surface area contributed by atoms with Crippen molar-refractivity contribution in [1.82, 2.24) is 5.32 Å². The third-order valence-electron chi connectivity index (χ3n) is 2.39. The van der Waals surface area contributed by atoms with Crippen LogP contribution < -0.4 is 11.1 Å². The van der Waals surface area contributed by atoms with E-state index in [4.69, 9.17) is 5.73 Å². The fourth-order valence-electron chi connectivity index (χ4n) is 1.09. The topological polar surface area (TPSA) is 38.0 Å². The average Bonchev–Trinajstić information content (AvgIpc) is 2.05. The van der Waals surface area contributed by atoms with Gasteiger partial charge in [-0.05, 0) is 20.4 Å². The normalized spacial score (nSPS) is 16.4. The summed E-state index contributed by atoms with van der Waals surface area (Å²) < 4.78 is 0. The van der Waals surface area contributed by atoms with Crippen molar-refractivity contribution in [2.75, 3.05) is 13.6 Å². The lowest BCUT2D eigenvalue weighted by molar-refractivity contribution is 0.352. The van der Waals surface area contributed by atoms with Gasteiger partial charge in [0.15, 0.2) is 0 Å². The SMILES string of the molecule is CCCCCC(C)(CN)NC. The van der Waals surface area contributed by atoms with E-state index in [-0.39, 0.29) is 5.54 Å². The molecule has 0 bridgehead atoms. The molecule has 0 saturated heterocycles. The van der Waals surface area contributed by atoms with Gasteiger partial charge in [-0.15, -0.1) is 0 Å². The lowest BCUT2D eigenvalue weighted by Crippen LogP contribution is -2.46. The number of rotatable bonds is 6. The average molecular weight is 158 g/mol. The predicted octanol–water partition coefficient (Wildman–Crippen LogP) is 1.50. The quantitative estimate of drug-likeness (QED) is 0.575. The van der Waals surface area contributed by atoms with E-state index in [9.17, 15) is 0 Å². The first-order chi connectivity index (χ1) is 5.18. The smallest absolute Gasteiger partial charge is 0.0272 e. The summed E-state index contributed by atoms with van der Waals surface area (Å²) in [6.45, 7) is 5.13. The largest absolute Gasteiger partial charge is 0.329 e. The van der Waals surface area contributed by atoms with Crippen LogP contribution in [0.1, 0.15) is 39.5 Å². The summed E-state index contributed by atoms with van der Waals surface area (Å²) in [7, 11) is 1.98. The summed E-state index contributed by atoms with van der Waals surface area (Å²) in [6.07, 6.45) is 5.07. The zero-order valence-electron chi connectivity index (χ0n) is 8.11. The van der Waals surface area contributed by atoms with Gasteiger partial charge in [-0.2, -0.15) is 0 Å². The molecule has 0 amide bonds. The van der Waals surface area contributed by atoms with Crippen LogP contribution in [0, 0.1) is 0 Å². The fourth-order valence-corrected chi connectivity index (χ4v) is 1.09. The number of nitrogens with two attached hydrogens (primary N) is 1. The molecule has 0 aromatic carbocycles. The van der Waals surface area contributed by atoms with E-state index >= 15 is 0 Å². The Morgan fingerprint density at radius 3 is 2.36 bits per heavy atom. The van der Waals surface area contributed by atoms with Crippen LogP contribution in [0.15, 0.2) is 0 Å². The highest BCUT2D eigenvalue weighted by molar-refractivity contribution is 4.81. The van der Waals surface area contributed by atoms with Crippen molar-refractivity contribution in [2.45, 2.75) is 45.1 Å². The Bertz CT molecular complexity index is 87.6. The zero-order valence-corrected chi connectivity index (χ0v) is 8.11. The van der Waals surface area contributed by atoms with Gasteiger partial charge in [0.1, 0.15) is 0 Å². The van der Waals surface area contributed by atoms with E-state index in [2.05, 4.69) is 19.2 Å². The molecule has 0 aliphatic heterocycles. The molecule has 11 heavy (non-hydrogen) atoms. The van der Waals surface area contributed by atoms with Crippen LogP contribution in [-0.4, -0.2) is 19.1 Å². The molecule has 0 radical (unpaired) electrons. The Hall–Kier alpha value is -0.0800. The maximum absolute atomic E-state index is 5.64. The monoisotopic (exact) mass is 158 g/mol. The number of hydrogen-bond donors (Lipinski definition) is 2. The van der Waals surface area contributed by atoms with Gasteiger partial charge in [0.05, 0.1) is 0 Å². The second kappa shape index (κ2) is 5.56. The van der Waals surface area contributed by atoms with Gasteiger partial charge in [0, 0.05) is 12.1 Å². The second-order valence-electron chi connectivity index (χ2n) is 3.47. The first-order valence-electron chi connectivity index (χ1n) is 4.57. The summed E-state index contributed by atoms with van der Waals surface area (Å²) in [5.74, 6) is 0. The standard InChI is InChI=1S/C9H22N2/c1-4-5-6-7-9(2,8-10)11-3/h11H,4-8,10H2,1-3H3. The number of unbranched alkanes of at least 4 members (excludes halogenated alkanes) is 2. The maximum atomic E-state index is 5.64. The summed E-state index contributed by atoms with van der Waals surface area (Å²) in [6, 6.07) is 0. The number of hydrogen-bond acceptors (Lipinski definition) is 2. The maximum Gasteiger partial charge on any atom is 0.0272 e. The minimum Gasteiger partial charge on any atom is -0.329 e. The van der Waals surface area contributed by atoms with Crippen LogP contribution in [0.2, 0.25) is 0 Å². The van der Waals surface area contributed by atoms with Gasteiger partial charge < -0.3 is 11.1 Å². The number of likely N-dealkylation sites (N-methyl/N-ethyl adjacent to an activating group) is 1. The molecule has 1 atom stereocenters. The van der Waals surface area contributed by atoms with Gasteiger partial charge in [-0.25, -0.2) is 0 Å². The third kappa shape index (κ3) is 4.38. The van der Waals surface area contributed by atoms with Gasteiger partial charge in [0.2, 0.25) is 0 Å². The zero-order chi connectivity index (χ0) is 8.74. The van der Waals surface area contributed by atoms with Crippen molar-refractivity contribution in [3.63, 3.8) is 0 Å². The van der Waals surface area contributed by atoms with Crippen LogP contribution in [0.25, 0.3) is 0 Å². The minimum absolute atomic E-state index is 0.162. The van der Waals surface area contributed by atoms with E-state index in [0.717, 1.165) is 6.54 Å². The van der Waals surface area contributed by atoms with Crippen LogP contribution in [0.4, 0.5) is 0 Å². The Labute approximate surface area is 70.5 Å². The minimum atomic E-state index is 0.162. The van der Waals surface area contributed by atoms with Gasteiger partial charge in [-0.1, -0.05) is 26.2 Å². The molecule has 0 aromatic heterocycles. The lowest BCUT2D eigenvalue weighted by atomic mass is 9.95. The van der Waals surface area contributed by atoms with Crippen LogP contribution in [-0.2, 0) is 0 Å². The van der Waals surface area contributed by atoms with Crippen molar-refractivity contribution >= 4 is 0 Å². The Balaban J connectivity index is 3.51. The molecule has 68 valence electrons. The molecule has 2 nitrogen and oxygen atoms in total. The van der Waals surface area contributed by atoms with Crippen molar-refractivity contribution in [1.29, 1.82) is 0 Å². The van der Waals surface area contributed by atoms with Crippen LogP contribution >= 0.6 is 0 Å². The van der Waals surface area contributed by atoms with Gasteiger partial charge in [-0.3, -0.25) is 0 Å². The Morgan fingerprint density at radius 1 is 1.36 bits per heavy atom. The molecule has 0 saturated carbocycles. The van der Waals surface area contributed by atoms with Crippen molar-refractivity contribution < 1.29 is 0 Å². The summed E-state index contributed by atoms with van der Waals surface area (Å²) in [5, 5.41) is 3.26. The van der Waals surface area contributed by atoms with Crippen molar-refractivity contribution in [3.05, 3.63) is 0 Å². The molecule has 3 N–H and O–H groups in total. The lowest BCUT2D eigenvalue weighted by Gasteiger charge is -2.27. The third-order valence-corrected chi connectivity index (χ3v) is 2.39. The summed E-state index contributed by atoms with van der Waals surface area (Å²) in [5.41, 5.74) is 5.80. The van der Waals surface area contributed by atoms with E-state index in [0.29, 0.717) is 0 Å². The molecule has 0 aromatic rings. The second-order valence-corrected chi connectivity index (χ2v) is 3.47. The molecule has 0 fully saturated rings. The molecule has 0 aliphatic carbocycles. The first-order valence-corrected chi connectivity index (χ1v) is 4.57. The molecule has 0 rings (SSSR count).